The number of benzene rings is 4. The molecule has 0 fully saturated rings. The van der Waals surface area contributed by atoms with E-state index in [0.717, 1.165) is 15.1 Å². The zero-order valence-corrected chi connectivity index (χ0v) is 21.1. The smallest absolute Gasteiger partial charge is 0.255 e. The van der Waals surface area contributed by atoms with Crippen LogP contribution in [0.1, 0.15) is 11.1 Å². The predicted molar refractivity (Wildman–Crippen MR) is 142 cm³/mol. The molecule has 4 aromatic carbocycles. The first-order valence-corrected chi connectivity index (χ1v) is 13.0. The molecule has 0 radical (unpaired) electrons. The van der Waals surface area contributed by atoms with Crippen LogP contribution in [0.4, 0.5) is 0 Å². The first kappa shape index (κ1) is 25.7. The highest BCUT2D eigenvalue weighted by molar-refractivity contribution is 7.89. The van der Waals surface area contributed by atoms with Gasteiger partial charge >= 0.3 is 0 Å². The maximum absolute atomic E-state index is 13.5. The third kappa shape index (κ3) is 5.85. The molecule has 1 amide bonds. The third-order valence-corrected chi connectivity index (χ3v) is 7.87. The molecular formula is C26H21Cl2N3O4S. The van der Waals surface area contributed by atoms with Crippen LogP contribution in [0.3, 0.4) is 0 Å². The number of nitrogens with one attached hydrogen (secondary N) is 1. The Morgan fingerprint density at radius 2 is 1.69 bits per heavy atom. The lowest BCUT2D eigenvalue weighted by Gasteiger charge is -2.22. The number of carbonyl (C=O) groups is 1. The van der Waals surface area contributed by atoms with Crippen molar-refractivity contribution in [3.63, 3.8) is 0 Å². The van der Waals surface area contributed by atoms with Crippen LogP contribution in [0.15, 0.2) is 94.9 Å². The maximum Gasteiger partial charge on any atom is 0.255 e. The number of hydrogen-bond acceptors (Lipinski definition) is 5. The van der Waals surface area contributed by atoms with Crippen LogP contribution in [0, 0.1) is 0 Å². The molecule has 36 heavy (non-hydrogen) atoms. The van der Waals surface area contributed by atoms with Crippen molar-refractivity contribution in [1.82, 2.24) is 9.73 Å². The summed E-state index contributed by atoms with van der Waals surface area (Å²) in [6.45, 7) is -0.605. The number of halogens is 2. The van der Waals surface area contributed by atoms with Crippen LogP contribution in [0.2, 0.25) is 10.0 Å². The van der Waals surface area contributed by atoms with E-state index in [9.17, 15) is 18.3 Å². The van der Waals surface area contributed by atoms with Crippen LogP contribution in [0.5, 0.6) is 5.75 Å². The number of phenolic OH excluding ortho intramolecular Hbond substituents is 1. The van der Waals surface area contributed by atoms with Crippen molar-refractivity contribution in [3.05, 3.63) is 106 Å². The number of hydrazone groups is 1. The number of fused-ring (bicyclic) bond motifs is 1. The highest BCUT2D eigenvalue weighted by Gasteiger charge is 2.29. The van der Waals surface area contributed by atoms with Crippen molar-refractivity contribution in [3.8, 4) is 5.75 Å². The Morgan fingerprint density at radius 3 is 2.47 bits per heavy atom. The van der Waals surface area contributed by atoms with Crippen molar-refractivity contribution in [2.24, 2.45) is 5.10 Å². The highest BCUT2D eigenvalue weighted by atomic mass is 35.5. The summed E-state index contributed by atoms with van der Waals surface area (Å²) in [6.07, 6.45) is 1.32. The van der Waals surface area contributed by atoms with Crippen molar-refractivity contribution >= 4 is 56.1 Å². The van der Waals surface area contributed by atoms with Gasteiger partial charge in [-0.25, -0.2) is 13.8 Å². The zero-order valence-electron chi connectivity index (χ0n) is 18.8. The number of nitrogens with zero attached hydrogens (tertiary/aromatic N) is 2. The van der Waals surface area contributed by atoms with Gasteiger partial charge in [0.25, 0.3) is 5.91 Å². The quantitative estimate of drug-likeness (QED) is 0.236. The van der Waals surface area contributed by atoms with E-state index in [-0.39, 0.29) is 27.2 Å². The summed E-state index contributed by atoms with van der Waals surface area (Å²) in [4.78, 5) is 12.6. The van der Waals surface area contributed by atoms with Crippen LogP contribution in [0.25, 0.3) is 10.8 Å². The van der Waals surface area contributed by atoms with E-state index in [2.05, 4.69) is 10.5 Å². The second-order valence-corrected chi connectivity index (χ2v) is 10.6. The molecule has 0 spiro atoms. The number of phenols is 1. The molecule has 7 nitrogen and oxygen atoms in total. The minimum Gasteiger partial charge on any atom is -0.507 e. The van der Waals surface area contributed by atoms with Gasteiger partial charge < -0.3 is 5.11 Å². The number of hydrogen-bond donors (Lipinski definition) is 2. The second kappa shape index (κ2) is 11.1. The molecule has 0 saturated carbocycles. The summed E-state index contributed by atoms with van der Waals surface area (Å²) < 4.78 is 27.9. The molecule has 0 atom stereocenters. The van der Waals surface area contributed by atoms with Gasteiger partial charge in [0.2, 0.25) is 10.0 Å². The van der Waals surface area contributed by atoms with E-state index < -0.39 is 22.5 Å². The fraction of sp³-hybridized carbons (Fsp3) is 0.0769. The molecule has 0 aliphatic heterocycles. The molecule has 0 aliphatic rings. The van der Waals surface area contributed by atoms with Gasteiger partial charge in [0.1, 0.15) is 10.6 Å². The van der Waals surface area contributed by atoms with E-state index >= 15 is 0 Å². The molecule has 0 bridgehead atoms. The number of carbonyl (C=O) groups excluding carboxylic acids is 1. The maximum atomic E-state index is 13.5. The van der Waals surface area contributed by atoms with Gasteiger partial charge in [-0.3, -0.25) is 4.79 Å². The number of aromatic hydroxyl groups is 1. The largest absolute Gasteiger partial charge is 0.507 e. The van der Waals surface area contributed by atoms with E-state index in [1.54, 1.807) is 36.4 Å². The lowest BCUT2D eigenvalue weighted by Crippen LogP contribution is -2.39. The summed E-state index contributed by atoms with van der Waals surface area (Å²) in [7, 11) is -4.20. The van der Waals surface area contributed by atoms with Crippen LogP contribution >= 0.6 is 23.2 Å². The Labute approximate surface area is 218 Å². The first-order valence-electron chi connectivity index (χ1n) is 10.8. The van der Waals surface area contributed by atoms with Crippen molar-refractivity contribution in [2.45, 2.75) is 11.4 Å². The summed E-state index contributed by atoms with van der Waals surface area (Å²) in [5, 5.41) is 16.0. The normalized spacial score (nSPS) is 11.9. The minimum atomic E-state index is -4.20. The second-order valence-electron chi connectivity index (χ2n) is 7.85. The topological polar surface area (TPSA) is 99.1 Å². The Bertz CT molecular complexity index is 1540. The Morgan fingerprint density at radius 1 is 0.972 bits per heavy atom. The summed E-state index contributed by atoms with van der Waals surface area (Å²) >= 11 is 12.2. The number of rotatable bonds is 8. The fourth-order valence-electron chi connectivity index (χ4n) is 3.61. The van der Waals surface area contributed by atoms with Crippen molar-refractivity contribution < 1.29 is 18.3 Å². The van der Waals surface area contributed by atoms with Gasteiger partial charge in [0.15, 0.2) is 0 Å². The highest BCUT2D eigenvalue weighted by Crippen LogP contribution is 2.29. The van der Waals surface area contributed by atoms with E-state index in [4.69, 9.17) is 23.2 Å². The number of amides is 1. The molecule has 10 heteroatoms. The van der Waals surface area contributed by atoms with Crippen LogP contribution in [-0.2, 0) is 21.4 Å². The standard InChI is InChI=1S/C26H21Cl2N3O4S/c27-20-11-12-23(28)25(14-20)36(34,35)31(16-18-6-2-1-3-7-18)17-26(33)30-29-15-22-21-9-5-4-8-19(21)10-13-24(22)32/h1-15,32H,16-17H2,(H,30,33)/b29-15-. The average Bonchev–Trinajstić information content (AvgIpc) is 2.87. The fourth-order valence-corrected chi connectivity index (χ4v) is 5.73. The van der Waals surface area contributed by atoms with E-state index in [1.165, 1.54) is 30.5 Å². The first-order chi connectivity index (χ1) is 17.3. The Hall–Kier alpha value is -3.43. The van der Waals surface area contributed by atoms with Gasteiger partial charge in [-0.2, -0.15) is 9.41 Å². The summed E-state index contributed by atoms with van der Waals surface area (Å²) in [5.41, 5.74) is 3.44. The molecule has 0 unspecified atom stereocenters. The minimum absolute atomic E-state index is 0.00409. The predicted octanol–water partition coefficient (Wildman–Crippen LogP) is 5.19. The lowest BCUT2D eigenvalue weighted by molar-refractivity contribution is -0.121. The monoisotopic (exact) mass is 541 g/mol. The van der Waals surface area contributed by atoms with Crippen LogP contribution < -0.4 is 5.43 Å². The van der Waals surface area contributed by atoms with Crippen molar-refractivity contribution in [2.75, 3.05) is 6.54 Å². The molecule has 0 aliphatic carbocycles. The lowest BCUT2D eigenvalue weighted by atomic mass is 10.0. The summed E-state index contributed by atoms with van der Waals surface area (Å²) in [6, 6.07) is 23.7. The van der Waals surface area contributed by atoms with E-state index in [1.807, 2.05) is 24.3 Å². The molecule has 2 N–H and O–H groups in total. The molecule has 4 aromatic rings. The third-order valence-electron chi connectivity index (χ3n) is 5.36. The van der Waals surface area contributed by atoms with Gasteiger partial charge in [-0.15, -0.1) is 0 Å². The van der Waals surface area contributed by atoms with Crippen molar-refractivity contribution in [1.29, 1.82) is 0 Å². The Balaban J connectivity index is 1.58. The van der Waals surface area contributed by atoms with Gasteiger partial charge in [0.05, 0.1) is 17.8 Å². The molecule has 0 heterocycles. The average molecular weight is 542 g/mol. The van der Waals surface area contributed by atoms with Gasteiger partial charge in [-0.1, -0.05) is 83.9 Å². The van der Waals surface area contributed by atoms with Crippen LogP contribution in [-0.4, -0.2) is 36.5 Å². The molecule has 184 valence electrons. The number of sulfonamides is 1. The zero-order chi connectivity index (χ0) is 25.7. The SMILES string of the molecule is O=C(CN(Cc1ccccc1)S(=O)(=O)c1cc(Cl)ccc1Cl)N/N=C\c1c(O)ccc2ccccc12. The molecule has 0 saturated heterocycles. The molecular weight excluding hydrogens is 521 g/mol. The van der Waals surface area contributed by atoms with Gasteiger partial charge in [-0.05, 0) is 40.6 Å². The Kier molecular flexibility index (Phi) is 7.91. The van der Waals surface area contributed by atoms with E-state index in [0.29, 0.717) is 11.1 Å². The summed E-state index contributed by atoms with van der Waals surface area (Å²) in [5.74, 6) is -0.681. The van der Waals surface area contributed by atoms with Gasteiger partial charge in [0, 0.05) is 17.1 Å². The molecule has 0 aromatic heterocycles. The molecule has 4 rings (SSSR count).